The Morgan fingerprint density at radius 2 is 1.85 bits per heavy atom. The molecule has 0 aliphatic carbocycles. The van der Waals surface area contributed by atoms with Gasteiger partial charge in [-0.25, -0.2) is 9.18 Å². The number of halogens is 1. The standard InChI is InChI=1S/C18H22FN3O4/c1-20-14(17(24)21(2)18(20)25)11-16(23)22-9-7-12(8-10-22)26-15-6-4-3-5-13(15)19/h3-6,12,14H,7-11H2,1-2H3. The van der Waals surface area contributed by atoms with Crippen molar-refractivity contribution in [3.05, 3.63) is 30.1 Å². The summed E-state index contributed by atoms with van der Waals surface area (Å²) in [5.41, 5.74) is 0. The van der Waals surface area contributed by atoms with Gasteiger partial charge in [0.2, 0.25) is 5.91 Å². The third-order valence-electron chi connectivity index (χ3n) is 4.96. The van der Waals surface area contributed by atoms with E-state index in [1.54, 1.807) is 23.1 Å². The molecule has 140 valence electrons. The van der Waals surface area contributed by atoms with Gasteiger partial charge in [0, 0.05) is 40.0 Å². The average molecular weight is 363 g/mol. The van der Waals surface area contributed by atoms with Crippen molar-refractivity contribution in [1.82, 2.24) is 14.7 Å². The first-order chi connectivity index (χ1) is 12.4. The van der Waals surface area contributed by atoms with E-state index in [1.165, 1.54) is 25.1 Å². The van der Waals surface area contributed by atoms with Gasteiger partial charge in [-0.05, 0) is 12.1 Å². The van der Waals surface area contributed by atoms with Crippen molar-refractivity contribution >= 4 is 17.8 Å². The number of nitrogens with zero attached hydrogens (tertiary/aromatic N) is 3. The number of hydrogen-bond donors (Lipinski definition) is 0. The van der Waals surface area contributed by atoms with Crippen molar-refractivity contribution in [1.29, 1.82) is 0 Å². The molecule has 1 aromatic rings. The van der Waals surface area contributed by atoms with Crippen molar-refractivity contribution in [2.24, 2.45) is 0 Å². The third kappa shape index (κ3) is 3.49. The van der Waals surface area contributed by atoms with Gasteiger partial charge in [-0.15, -0.1) is 0 Å². The fraction of sp³-hybridized carbons (Fsp3) is 0.500. The molecule has 3 rings (SSSR count). The van der Waals surface area contributed by atoms with Crippen LogP contribution in [0.3, 0.4) is 0 Å². The summed E-state index contributed by atoms with van der Waals surface area (Å²) >= 11 is 0. The van der Waals surface area contributed by atoms with Crippen molar-refractivity contribution < 1.29 is 23.5 Å². The van der Waals surface area contributed by atoms with Crippen LogP contribution in [0.1, 0.15) is 19.3 Å². The molecule has 0 spiro atoms. The number of rotatable bonds is 4. The van der Waals surface area contributed by atoms with Gasteiger partial charge in [0.05, 0.1) is 6.42 Å². The van der Waals surface area contributed by atoms with Crippen LogP contribution >= 0.6 is 0 Å². The van der Waals surface area contributed by atoms with Gasteiger partial charge >= 0.3 is 6.03 Å². The van der Waals surface area contributed by atoms with Gasteiger partial charge in [0.1, 0.15) is 12.1 Å². The summed E-state index contributed by atoms with van der Waals surface area (Å²) in [5, 5.41) is 0. The van der Waals surface area contributed by atoms with E-state index in [-0.39, 0.29) is 30.1 Å². The fourth-order valence-electron chi connectivity index (χ4n) is 3.32. The lowest BCUT2D eigenvalue weighted by Crippen LogP contribution is -2.45. The molecule has 7 nitrogen and oxygen atoms in total. The molecule has 26 heavy (non-hydrogen) atoms. The molecule has 0 saturated carbocycles. The molecule has 4 amide bonds. The summed E-state index contributed by atoms with van der Waals surface area (Å²) in [6.45, 7) is 0.957. The number of likely N-dealkylation sites (tertiary alicyclic amines) is 1. The number of ether oxygens (including phenoxy) is 1. The van der Waals surface area contributed by atoms with Crippen LogP contribution in [-0.2, 0) is 9.59 Å². The Kier molecular flexibility index (Phi) is 5.11. The second-order valence-corrected chi connectivity index (χ2v) is 6.64. The number of carbonyl (C=O) groups excluding carboxylic acids is 3. The summed E-state index contributed by atoms with van der Waals surface area (Å²) in [6.07, 6.45) is 1.00. The third-order valence-corrected chi connectivity index (χ3v) is 4.96. The van der Waals surface area contributed by atoms with E-state index in [2.05, 4.69) is 0 Å². The molecule has 2 fully saturated rings. The summed E-state index contributed by atoms with van der Waals surface area (Å²) in [4.78, 5) is 40.4. The lowest BCUT2D eigenvalue weighted by Gasteiger charge is -2.33. The highest BCUT2D eigenvalue weighted by molar-refractivity contribution is 6.05. The lowest BCUT2D eigenvalue weighted by atomic mass is 10.1. The minimum absolute atomic E-state index is 0.0236. The van der Waals surface area contributed by atoms with Crippen LogP contribution in [-0.4, -0.2) is 71.9 Å². The summed E-state index contributed by atoms with van der Waals surface area (Å²) in [6, 6.07) is 5.11. The number of para-hydroxylation sites is 1. The molecule has 2 aliphatic rings. The van der Waals surface area contributed by atoms with E-state index in [0.717, 1.165) is 4.90 Å². The predicted octanol–water partition coefficient (Wildman–Crippen LogP) is 1.48. The summed E-state index contributed by atoms with van der Waals surface area (Å²) < 4.78 is 19.3. The van der Waals surface area contributed by atoms with Crippen LogP contribution in [0.5, 0.6) is 5.75 Å². The number of piperidine rings is 1. The van der Waals surface area contributed by atoms with Gasteiger partial charge in [-0.3, -0.25) is 14.5 Å². The molecule has 1 aromatic carbocycles. The average Bonchev–Trinajstić information content (AvgIpc) is 2.82. The second kappa shape index (κ2) is 7.31. The number of urea groups is 1. The van der Waals surface area contributed by atoms with Crippen LogP contribution < -0.4 is 4.74 Å². The van der Waals surface area contributed by atoms with E-state index < -0.39 is 17.9 Å². The van der Waals surface area contributed by atoms with E-state index in [9.17, 15) is 18.8 Å². The first-order valence-electron chi connectivity index (χ1n) is 8.62. The van der Waals surface area contributed by atoms with Crippen molar-refractivity contribution in [3.63, 3.8) is 0 Å². The molecule has 1 atom stereocenters. The summed E-state index contributed by atoms with van der Waals surface area (Å²) in [5.74, 6) is -0.703. The topological polar surface area (TPSA) is 70.2 Å². The van der Waals surface area contributed by atoms with Crippen LogP contribution in [0.2, 0.25) is 0 Å². The minimum atomic E-state index is -0.743. The Hall–Kier alpha value is -2.64. The van der Waals surface area contributed by atoms with E-state index in [0.29, 0.717) is 25.9 Å². The van der Waals surface area contributed by atoms with Crippen LogP contribution in [0.4, 0.5) is 9.18 Å². The maximum atomic E-state index is 13.7. The van der Waals surface area contributed by atoms with Crippen molar-refractivity contribution in [2.75, 3.05) is 27.2 Å². The molecular weight excluding hydrogens is 341 g/mol. The lowest BCUT2D eigenvalue weighted by molar-refractivity contribution is -0.137. The van der Waals surface area contributed by atoms with Gasteiger partial charge in [-0.2, -0.15) is 0 Å². The first-order valence-corrected chi connectivity index (χ1v) is 8.62. The smallest absolute Gasteiger partial charge is 0.326 e. The van der Waals surface area contributed by atoms with Crippen LogP contribution in [0.25, 0.3) is 0 Å². The molecule has 0 N–H and O–H groups in total. The Labute approximate surface area is 151 Å². The van der Waals surface area contributed by atoms with Gasteiger partial charge in [0.15, 0.2) is 11.6 Å². The zero-order valence-electron chi connectivity index (χ0n) is 14.9. The Morgan fingerprint density at radius 1 is 1.19 bits per heavy atom. The van der Waals surface area contributed by atoms with Crippen LogP contribution in [0, 0.1) is 5.82 Å². The fourth-order valence-corrected chi connectivity index (χ4v) is 3.32. The normalized spacial score (nSPS) is 21.5. The molecular formula is C18H22FN3O4. The van der Waals surface area contributed by atoms with Crippen molar-refractivity contribution in [2.45, 2.75) is 31.4 Å². The van der Waals surface area contributed by atoms with Gasteiger partial charge in [-0.1, -0.05) is 12.1 Å². The second-order valence-electron chi connectivity index (χ2n) is 6.64. The maximum Gasteiger partial charge on any atom is 0.326 e. The largest absolute Gasteiger partial charge is 0.487 e. The molecule has 8 heteroatoms. The Morgan fingerprint density at radius 3 is 2.42 bits per heavy atom. The zero-order valence-corrected chi connectivity index (χ0v) is 14.9. The van der Waals surface area contributed by atoms with E-state index >= 15 is 0 Å². The monoisotopic (exact) mass is 363 g/mol. The van der Waals surface area contributed by atoms with Crippen LogP contribution in [0.15, 0.2) is 24.3 Å². The number of carbonyl (C=O) groups is 3. The SMILES string of the molecule is CN1C(=O)C(CC(=O)N2CCC(Oc3ccccc3F)CC2)N(C)C1=O. The molecule has 0 radical (unpaired) electrons. The highest BCUT2D eigenvalue weighted by atomic mass is 19.1. The summed E-state index contributed by atoms with van der Waals surface area (Å²) in [7, 11) is 2.94. The number of likely N-dealkylation sites (N-methyl/N-ethyl adjacent to an activating group) is 2. The first kappa shape index (κ1) is 18.2. The highest BCUT2D eigenvalue weighted by Crippen LogP contribution is 2.23. The predicted molar refractivity (Wildman–Crippen MR) is 91.0 cm³/mol. The maximum absolute atomic E-state index is 13.7. The Balaban J connectivity index is 1.52. The Bertz CT molecular complexity index is 718. The molecule has 0 bridgehead atoms. The molecule has 2 saturated heterocycles. The van der Waals surface area contributed by atoms with Gasteiger partial charge in [0.25, 0.3) is 5.91 Å². The quantitative estimate of drug-likeness (QED) is 0.760. The number of imide groups is 1. The van der Waals surface area contributed by atoms with Crippen molar-refractivity contribution in [3.8, 4) is 5.75 Å². The number of hydrogen-bond acceptors (Lipinski definition) is 4. The van der Waals surface area contributed by atoms with E-state index in [1.807, 2.05) is 0 Å². The molecule has 0 aromatic heterocycles. The minimum Gasteiger partial charge on any atom is -0.487 e. The zero-order chi connectivity index (χ0) is 18.8. The highest BCUT2D eigenvalue weighted by Gasteiger charge is 2.42. The van der Waals surface area contributed by atoms with E-state index in [4.69, 9.17) is 4.74 Å². The molecule has 1 unspecified atom stereocenters. The molecule has 2 heterocycles. The van der Waals surface area contributed by atoms with Gasteiger partial charge < -0.3 is 14.5 Å². The number of benzene rings is 1. The number of amides is 4. The molecule has 2 aliphatic heterocycles.